The normalized spacial score (nSPS) is 10.3. The van der Waals surface area contributed by atoms with Crippen LogP contribution >= 0.6 is 11.6 Å². The van der Waals surface area contributed by atoms with E-state index in [1.54, 1.807) is 25.4 Å². The third-order valence-electron chi connectivity index (χ3n) is 3.47. The summed E-state index contributed by atoms with van der Waals surface area (Å²) in [6.45, 7) is 0.536. The van der Waals surface area contributed by atoms with Crippen LogP contribution in [0.5, 0.6) is 5.75 Å². The number of benzene rings is 2. The number of nitrogens with zero attached hydrogens (tertiary/aromatic N) is 3. The van der Waals surface area contributed by atoms with E-state index in [1.165, 1.54) is 0 Å². The Hall–Kier alpha value is -2.84. The molecule has 0 aliphatic carbocycles. The van der Waals surface area contributed by atoms with Crippen molar-refractivity contribution in [1.29, 1.82) is 5.26 Å². The van der Waals surface area contributed by atoms with Gasteiger partial charge in [0.15, 0.2) is 5.82 Å². The van der Waals surface area contributed by atoms with E-state index in [0.717, 1.165) is 16.3 Å². The van der Waals surface area contributed by atoms with Crippen molar-refractivity contribution < 1.29 is 4.74 Å². The van der Waals surface area contributed by atoms with Gasteiger partial charge >= 0.3 is 0 Å². The summed E-state index contributed by atoms with van der Waals surface area (Å²) in [5, 5.41) is 22.7. The van der Waals surface area contributed by atoms with E-state index in [0.29, 0.717) is 28.7 Å². The van der Waals surface area contributed by atoms with Crippen molar-refractivity contribution in [3.05, 3.63) is 58.7 Å². The summed E-state index contributed by atoms with van der Waals surface area (Å²) < 4.78 is 5.14. The molecule has 3 rings (SSSR count). The Bertz CT molecular complexity index is 905. The molecule has 0 unspecified atom stereocenters. The van der Waals surface area contributed by atoms with Crippen LogP contribution in [-0.2, 0) is 6.54 Å². The molecule has 1 N–H and O–H groups in total. The van der Waals surface area contributed by atoms with Gasteiger partial charge in [-0.05, 0) is 29.8 Å². The number of hydrogen-bond acceptors (Lipinski definition) is 5. The van der Waals surface area contributed by atoms with E-state index >= 15 is 0 Å². The lowest BCUT2D eigenvalue weighted by Crippen LogP contribution is -2.03. The third kappa shape index (κ3) is 3.17. The lowest BCUT2D eigenvalue weighted by Gasteiger charge is -2.10. The van der Waals surface area contributed by atoms with Crippen LogP contribution in [0.25, 0.3) is 10.8 Å². The molecule has 0 amide bonds. The van der Waals surface area contributed by atoms with Gasteiger partial charge in [-0.1, -0.05) is 23.7 Å². The average molecular weight is 325 g/mol. The van der Waals surface area contributed by atoms with E-state index in [-0.39, 0.29) is 0 Å². The minimum atomic E-state index is 0.536. The standard InChI is InChI=1S/C17H13ClN4O/c1-23-16-5-3-12(7-15(16)18)9-20-17-14-6-11(8-19)2-4-13(14)10-21-22-17/h2-7,10H,9H2,1H3,(H,20,22). The van der Waals surface area contributed by atoms with Gasteiger partial charge in [0.2, 0.25) is 0 Å². The topological polar surface area (TPSA) is 70.8 Å². The van der Waals surface area contributed by atoms with Gasteiger partial charge in [0.25, 0.3) is 0 Å². The molecule has 0 saturated heterocycles. The molecule has 23 heavy (non-hydrogen) atoms. The summed E-state index contributed by atoms with van der Waals surface area (Å²) in [7, 11) is 1.58. The lowest BCUT2D eigenvalue weighted by atomic mass is 10.1. The number of hydrogen-bond donors (Lipinski definition) is 1. The summed E-state index contributed by atoms with van der Waals surface area (Å²) >= 11 is 6.13. The Morgan fingerprint density at radius 3 is 2.87 bits per heavy atom. The largest absolute Gasteiger partial charge is 0.495 e. The number of rotatable bonds is 4. The Balaban J connectivity index is 1.87. The molecule has 0 atom stereocenters. The van der Waals surface area contributed by atoms with Crippen molar-refractivity contribution in [1.82, 2.24) is 10.2 Å². The van der Waals surface area contributed by atoms with Crippen LogP contribution in [0.15, 0.2) is 42.6 Å². The molecule has 114 valence electrons. The van der Waals surface area contributed by atoms with E-state index < -0.39 is 0 Å². The van der Waals surface area contributed by atoms with Gasteiger partial charge in [0, 0.05) is 17.3 Å². The van der Waals surface area contributed by atoms with Gasteiger partial charge in [0.1, 0.15) is 5.75 Å². The molecule has 0 bridgehead atoms. The van der Waals surface area contributed by atoms with Gasteiger partial charge in [-0.25, -0.2) is 0 Å². The molecule has 0 aliphatic heterocycles. The van der Waals surface area contributed by atoms with Crippen LogP contribution < -0.4 is 10.1 Å². The first-order valence-corrected chi connectivity index (χ1v) is 7.31. The Kier molecular flexibility index (Phi) is 4.26. The van der Waals surface area contributed by atoms with Crippen molar-refractivity contribution >= 4 is 28.2 Å². The van der Waals surface area contributed by atoms with Crippen LogP contribution in [0, 0.1) is 11.3 Å². The molecule has 0 spiro atoms. The molecular weight excluding hydrogens is 312 g/mol. The number of aromatic nitrogens is 2. The lowest BCUT2D eigenvalue weighted by molar-refractivity contribution is 0.415. The predicted octanol–water partition coefficient (Wildman–Crippen LogP) is 3.78. The summed E-state index contributed by atoms with van der Waals surface area (Å²) in [5.41, 5.74) is 1.58. The molecule has 0 radical (unpaired) electrons. The van der Waals surface area contributed by atoms with Crippen LogP contribution in [-0.4, -0.2) is 17.3 Å². The monoisotopic (exact) mass is 324 g/mol. The highest BCUT2D eigenvalue weighted by atomic mass is 35.5. The van der Waals surface area contributed by atoms with E-state index in [1.807, 2.05) is 24.3 Å². The molecule has 6 heteroatoms. The Labute approximate surface area is 138 Å². The second kappa shape index (κ2) is 6.51. The highest BCUT2D eigenvalue weighted by Gasteiger charge is 2.06. The minimum Gasteiger partial charge on any atom is -0.495 e. The quantitative estimate of drug-likeness (QED) is 0.791. The highest BCUT2D eigenvalue weighted by Crippen LogP contribution is 2.26. The maximum atomic E-state index is 9.04. The first-order chi connectivity index (χ1) is 11.2. The Morgan fingerprint density at radius 2 is 2.13 bits per heavy atom. The SMILES string of the molecule is COc1ccc(CNc2nncc3ccc(C#N)cc23)cc1Cl. The fraction of sp³-hybridized carbons (Fsp3) is 0.118. The molecule has 2 aromatic carbocycles. The zero-order valence-corrected chi connectivity index (χ0v) is 13.1. The number of ether oxygens (including phenoxy) is 1. The van der Waals surface area contributed by atoms with Crippen molar-refractivity contribution in [3.8, 4) is 11.8 Å². The van der Waals surface area contributed by atoms with Gasteiger partial charge in [-0.15, -0.1) is 5.10 Å². The fourth-order valence-electron chi connectivity index (χ4n) is 2.28. The zero-order chi connectivity index (χ0) is 16.2. The van der Waals surface area contributed by atoms with Crippen LogP contribution in [0.4, 0.5) is 5.82 Å². The number of anilines is 1. The number of halogens is 1. The van der Waals surface area contributed by atoms with E-state index in [9.17, 15) is 0 Å². The predicted molar refractivity (Wildman–Crippen MR) is 89.6 cm³/mol. The average Bonchev–Trinajstić information content (AvgIpc) is 2.59. The number of methoxy groups -OCH3 is 1. The minimum absolute atomic E-state index is 0.536. The van der Waals surface area contributed by atoms with Gasteiger partial charge in [-0.2, -0.15) is 10.4 Å². The molecule has 1 heterocycles. The first kappa shape index (κ1) is 15.1. The van der Waals surface area contributed by atoms with Gasteiger partial charge in [0.05, 0.1) is 30.0 Å². The molecule has 0 saturated carbocycles. The molecule has 0 fully saturated rings. The molecule has 0 aliphatic rings. The van der Waals surface area contributed by atoms with Crippen molar-refractivity contribution in [2.24, 2.45) is 0 Å². The number of nitriles is 1. The van der Waals surface area contributed by atoms with E-state index in [4.69, 9.17) is 21.6 Å². The van der Waals surface area contributed by atoms with Crippen molar-refractivity contribution in [2.75, 3.05) is 12.4 Å². The Morgan fingerprint density at radius 1 is 1.26 bits per heavy atom. The molecular formula is C17H13ClN4O. The zero-order valence-electron chi connectivity index (χ0n) is 12.4. The molecule has 5 nitrogen and oxygen atoms in total. The second-order valence-corrected chi connectivity index (χ2v) is 5.34. The number of nitrogens with one attached hydrogen (secondary N) is 1. The fourth-order valence-corrected chi connectivity index (χ4v) is 2.56. The highest BCUT2D eigenvalue weighted by molar-refractivity contribution is 6.32. The van der Waals surface area contributed by atoms with Gasteiger partial charge < -0.3 is 10.1 Å². The molecule has 1 aromatic heterocycles. The summed E-state index contributed by atoms with van der Waals surface area (Å²) in [5.74, 6) is 1.27. The summed E-state index contributed by atoms with van der Waals surface area (Å²) in [4.78, 5) is 0. The van der Waals surface area contributed by atoms with Crippen LogP contribution in [0.1, 0.15) is 11.1 Å². The maximum absolute atomic E-state index is 9.04. The first-order valence-electron chi connectivity index (χ1n) is 6.93. The van der Waals surface area contributed by atoms with E-state index in [2.05, 4.69) is 21.6 Å². The third-order valence-corrected chi connectivity index (χ3v) is 3.76. The smallest absolute Gasteiger partial charge is 0.156 e. The van der Waals surface area contributed by atoms with Gasteiger partial charge in [-0.3, -0.25) is 0 Å². The molecule has 3 aromatic rings. The number of fused-ring (bicyclic) bond motifs is 1. The maximum Gasteiger partial charge on any atom is 0.156 e. The van der Waals surface area contributed by atoms with Crippen molar-refractivity contribution in [3.63, 3.8) is 0 Å². The van der Waals surface area contributed by atoms with Crippen molar-refractivity contribution in [2.45, 2.75) is 6.54 Å². The summed E-state index contributed by atoms with van der Waals surface area (Å²) in [6.07, 6.45) is 1.67. The summed E-state index contributed by atoms with van der Waals surface area (Å²) in [6, 6.07) is 13.1. The van der Waals surface area contributed by atoms with Crippen LogP contribution in [0.3, 0.4) is 0 Å². The van der Waals surface area contributed by atoms with Crippen LogP contribution in [0.2, 0.25) is 5.02 Å². The second-order valence-electron chi connectivity index (χ2n) is 4.93.